The maximum Gasteiger partial charge on any atom is 0.244 e. The number of benzene rings is 2. The number of sulfonamides is 1. The van der Waals surface area contributed by atoms with Crippen LogP contribution in [0.3, 0.4) is 0 Å². The van der Waals surface area contributed by atoms with E-state index in [-0.39, 0.29) is 11.4 Å². The van der Waals surface area contributed by atoms with Gasteiger partial charge in [0.15, 0.2) is 0 Å². The number of rotatable bonds is 4. The molecule has 7 heteroatoms. The van der Waals surface area contributed by atoms with Gasteiger partial charge >= 0.3 is 0 Å². The predicted octanol–water partition coefficient (Wildman–Crippen LogP) is 3.58. The number of fused-ring (bicyclic) bond motifs is 1. The van der Waals surface area contributed by atoms with Gasteiger partial charge in [0, 0.05) is 29.5 Å². The quantitative estimate of drug-likeness (QED) is 0.708. The number of nitrogens with zero attached hydrogens (tertiary/aromatic N) is 2. The summed E-state index contributed by atoms with van der Waals surface area (Å²) in [4.78, 5) is 4.15. The Morgan fingerprint density at radius 3 is 2.36 bits per heavy atom. The summed E-state index contributed by atoms with van der Waals surface area (Å²) in [5, 5.41) is 11.7. The zero-order chi connectivity index (χ0) is 19.7. The average Bonchev–Trinajstić information content (AvgIpc) is 2.71. The van der Waals surface area contributed by atoms with E-state index in [0.717, 1.165) is 11.1 Å². The minimum Gasteiger partial charge on any atom is -0.387 e. The highest BCUT2D eigenvalue weighted by atomic mass is 35.5. The average molecular weight is 415 g/mol. The molecular weight excluding hydrogens is 396 g/mol. The zero-order valence-corrected chi connectivity index (χ0v) is 16.5. The lowest BCUT2D eigenvalue weighted by atomic mass is 9.95. The summed E-state index contributed by atoms with van der Waals surface area (Å²) in [6.45, 7) is 0.161. The molecule has 0 radical (unpaired) electrons. The van der Waals surface area contributed by atoms with Crippen LogP contribution >= 0.6 is 11.6 Å². The first-order valence-electron chi connectivity index (χ1n) is 8.89. The largest absolute Gasteiger partial charge is 0.387 e. The van der Waals surface area contributed by atoms with Gasteiger partial charge in [-0.1, -0.05) is 41.9 Å². The number of aliphatic hydroxyl groups excluding tert-OH is 1. The SMILES string of the molecule is O=S1(=O)c2ccccc2[C@@H](O)[C@@H](Cc2ccc(Cl)cc2)N1Cc1ccncc1. The van der Waals surface area contributed by atoms with Crippen LogP contribution in [0, 0.1) is 0 Å². The van der Waals surface area contributed by atoms with Crippen LogP contribution in [0.2, 0.25) is 5.02 Å². The summed E-state index contributed by atoms with van der Waals surface area (Å²) >= 11 is 5.97. The molecular formula is C21H19ClN2O3S. The van der Waals surface area contributed by atoms with E-state index < -0.39 is 22.2 Å². The molecule has 1 aliphatic rings. The van der Waals surface area contributed by atoms with Crippen molar-refractivity contribution in [1.82, 2.24) is 9.29 Å². The highest BCUT2D eigenvalue weighted by molar-refractivity contribution is 7.89. The number of hydrogen-bond donors (Lipinski definition) is 1. The van der Waals surface area contributed by atoms with Crippen LogP contribution in [0.4, 0.5) is 0 Å². The number of pyridine rings is 1. The highest BCUT2D eigenvalue weighted by Crippen LogP contribution is 2.38. The van der Waals surface area contributed by atoms with Gasteiger partial charge in [0.1, 0.15) is 0 Å². The van der Waals surface area contributed by atoms with Crippen molar-refractivity contribution in [3.8, 4) is 0 Å². The third-order valence-electron chi connectivity index (χ3n) is 5.00. The van der Waals surface area contributed by atoms with E-state index in [1.165, 1.54) is 4.31 Å². The number of aromatic nitrogens is 1. The maximum absolute atomic E-state index is 13.4. The molecule has 0 aliphatic carbocycles. The van der Waals surface area contributed by atoms with Gasteiger partial charge < -0.3 is 5.11 Å². The molecule has 0 saturated heterocycles. The molecule has 2 atom stereocenters. The fraction of sp³-hybridized carbons (Fsp3) is 0.190. The van der Waals surface area contributed by atoms with Crippen LogP contribution < -0.4 is 0 Å². The molecule has 0 unspecified atom stereocenters. The van der Waals surface area contributed by atoms with Crippen LogP contribution in [0.5, 0.6) is 0 Å². The number of hydrogen-bond acceptors (Lipinski definition) is 4. The van der Waals surface area contributed by atoms with Crippen LogP contribution in [-0.4, -0.2) is 28.9 Å². The van der Waals surface area contributed by atoms with E-state index in [2.05, 4.69) is 4.98 Å². The van der Waals surface area contributed by atoms with Gasteiger partial charge in [0.25, 0.3) is 0 Å². The third-order valence-corrected chi connectivity index (χ3v) is 7.20. The van der Waals surface area contributed by atoms with Gasteiger partial charge in [-0.15, -0.1) is 0 Å². The van der Waals surface area contributed by atoms with Gasteiger partial charge in [0.2, 0.25) is 10.0 Å². The van der Waals surface area contributed by atoms with E-state index >= 15 is 0 Å². The molecule has 0 bridgehead atoms. The smallest absolute Gasteiger partial charge is 0.244 e. The molecule has 5 nitrogen and oxygen atoms in total. The Labute approximate surface area is 169 Å². The maximum atomic E-state index is 13.4. The Hall–Kier alpha value is -2.25. The van der Waals surface area contributed by atoms with Crippen molar-refractivity contribution in [2.75, 3.05) is 0 Å². The second kappa shape index (κ2) is 7.64. The van der Waals surface area contributed by atoms with Gasteiger partial charge in [-0.3, -0.25) is 4.98 Å². The Morgan fingerprint density at radius 2 is 1.64 bits per heavy atom. The molecule has 28 heavy (non-hydrogen) atoms. The predicted molar refractivity (Wildman–Crippen MR) is 107 cm³/mol. The molecule has 1 aromatic heterocycles. The minimum absolute atomic E-state index is 0.156. The Bertz CT molecular complexity index is 1070. The van der Waals surface area contributed by atoms with Crippen molar-refractivity contribution in [3.05, 3.63) is 94.8 Å². The molecule has 1 aliphatic heterocycles. The summed E-state index contributed by atoms with van der Waals surface area (Å²) in [6.07, 6.45) is 2.70. The van der Waals surface area contributed by atoms with Crippen molar-refractivity contribution >= 4 is 21.6 Å². The fourth-order valence-electron chi connectivity index (χ4n) is 3.57. The Kier molecular flexibility index (Phi) is 5.21. The standard InChI is InChI=1S/C21H19ClN2O3S/c22-17-7-5-15(6-8-17)13-19-21(25)18-3-1-2-4-20(18)28(26,27)24(19)14-16-9-11-23-12-10-16/h1-12,19,21,25H,13-14H2/t19-,21-/m1/s1. The van der Waals surface area contributed by atoms with Gasteiger partial charge in [-0.2, -0.15) is 4.31 Å². The van der Waals surface area contributed by atoms with Gasteiger partial charge in [0.05, 0.1) is 17.0 Å². The Balaban J connectivity index is 1.78. The molecule has 2 aromatic carbocycles. The van der Waals surface area contributed by atoms with Crippen LogP contribution in [0.1, 0.15) is 22.8 Å². The lowest BCUT2D eigenvalue weighted by Crippen LogP contribution is -2.48. The molecule has 3 aromatic rings. The molecule has 0 spiro atoms. The monoisotopic (exact) mass is 414 g/mol. The third kappa shape index (κ3) is 3.56. The molecule has 1 N–H and O–H groups in total. The van der Waals surface area contributed by atoms with Crippen molar-refractivity contribution in [3.63, 3.8) is 0 Å². The van der Waals surface area contributed by atoms with Crippen LogP contribution in [0.25, 0.3) is 0 Å². The first-order chi connectivity index (χ1) is 13.5. The molecule has 0 fully saturated rings. The normalized spacial score (nSPS) is 21.2. The number of halogens is 1. The zero-order valence-electron chi connectivity index (χ0n) is 14.9. The lowest BCUT2D eigenvalue weighted by Gasteiger charge is -2.39. The van der Waals surface area contributed by atoms with Crippen LogP contribution in [0.15, 0.2) is 78.0 Å². The molecule has 4 rings (SSSR count). The second-order valence-electron chi connectivity index (χ2n) is 6.79. The van der Waals surface area contributed by atoms with E-state index in [9.17, 15) is 13.5 Å². The van der Waals surface area contributed by atoms with Crippen molar-refractivity contribution in [1.29, 1.82) is 0 Å². The number of aliphatic hydroxyl groups is 1. The summed E-state index contributed by atoms with van der Waals surface area (Å²) in [5.74, 6) is 0. The van der Waals surface area contributed by atoms with E-state index in [1.807, 2.05) is 12.1 Å². The van der Waals surface area contributed by atoms with Gasteiger partial charge in [-0.25, -0.2) is 8.42 Å². The topological polar surface area (TPSA) is 70.5 Å². The van der Waals surface area contributed by atoms with Crippen molar-refractivity contribution in [2.45, 2.75) is 30.0 Å². The second-order valence-corrected chi connectivity index (χ2v) is 9.08. The summed E-state index contributed by atoms with van der Waals surface area (Å²) in [5.41, 5.74) is 2.15. The van der Waals surface area contributed by atoms with E-state index in [0.29, 0.717) is 17.0 Å². The van der Waals surface area contributed by atoms with Crippen molar-refractivity contribution in [2.24, 2.45) is 0 Å². The lowest BCUT2D eigenvalue weighted by molar-refractivity contribution is 0.0769. The van der Waals surface area contributed by atoms with E-state index in [1.54, 1.807) is 60.9 Å². The molecule has 0 amide bonds. The minimum atomic E-state index is -3.76. The van der Waals surface area contributed by atoms with Crippen molar-refractivity contribution < 1.29 is 13.5 Å². The first kappa shape index (κ1) is 19.1. The van der Waals surface area contributed by atoms with E-state index in [4.69, 9.17) is 11.6 Å². The summed E-state index contributed by atoms with van der Waals surface area (Å²) in [6, 6.07) is 16.8. The first-order valence-corrected chi connectivity index (χ1v) is 10.7. The Morgan fingerprint density at radius 1 is 0.964 bits per heavy atom. The molecule has 2 heterocycles. The fourth-order valence-corrected chi connectivity index (χ4v) is 5.56. The van der Waals surface area contributed by atoms with Gasteiger partial charge in [-0.05, 0) is 47.9 Å². The molecule has 0 saturated carbocycles. The highest BCUT2D eigenvalue weighted by Gasteiger charge is 2.43. The summed E-state index contributed by atoms with van der Waals surface area (Å²) in [7, 11) is -3.76. The van der Waals surface area contributed by atoms with Crippen LogP contribution in [-0.2, 0) is 23.0 Å². The molecule has 144 valence electrons. The summed E-state index contributed by atoms with van der Waals surface area (Å²) < 4.78 is 28.2.